The number of hydrogen-bond acceptors (Lipinski definition) is 6. The van der Waals surface area contributed by atoms with Crippen molar-refractivity contribution in [2.75, 3.05) is 44.4 Å². The predicted octanol–water partition coefficient (Wildman–Crippen LogP) is -0.0692. The Kier molecular flexibility index (Phi) is 6.28. The number of nitrogens with one attached hydrogen (secondary N) is 2. The highest BCUT2D eigenvalue weighted by atomic mass is 32.2. The summed E-state index contributed by atoms with van der Waals surface area (Å²) in [6.45, 7) is 2.64. The second-order valence-corrected chi connectivity index (χ2v) is 6.64. The summed E-state index contributed by atoms with van der Waals surface area (Å²) in [7, 11) is 1.97. The molecule has 1 unspecified atom stereocenters. The van der Waals surface area contributed by atoms with Crippen molar-refractivity contribution in [3.63, 3.8) is 0 Å². The smallest absolute Gasteiger partial charge is 0.317 e. The summed E-state index contributed by atoms with van der Waals surface area (Å²) in [4.78, 5) is 34.0. The van der Waals surface area contributed by atoms with E-state index in [1.54, 1.807) is 11.8 Å². The first-order valence-electron chi connectivity index (χ1n) is 7.57. The van der Waals surface area contributed by atoms with Crippen LogP contribution in [0.4, 0.5) is 10.7 Å². The number of nitrogens with zero attached hydrogens (tertiary/aromatic N) is 3. The van der Waals surface area contributed by atoms with Crippen LogP contribution in [0.25, 0.3) is 0 Å². The molecule has 23 heavy (non-hydrogen) atoms. The molecule has 4 N–H and O–H groups in total. The Balaban J connectivity index is 1.85. The van der Waals surface area contributed by atoms with Gasteiger partial charge in [0.25, 0.3) is 5.56 Å². The predicted molar refractivity (Wildman–Crippen MR) is 92.5 cm³/mol. The lowest BCUT2D eigenvalue weighted by Crippen LogP contribution is -2.41. The Labute approximate surface area is 139 Å². The third-order valence-electron chi connectivity index (χ3n) is 3.88. The minimum Gasteiger partial charge on any atom is -0.369 e. The molecule has 2 heterocycles. The molecule has 2 amide bonds. The summed E-state index contributed by atoms with van der Waals surface area (Å²) >= 11 is 1.71. The van der Waals surface area contributed by atoms with Crippen molar-refractivity contribution in [3.05, 3.63) is 22.1 Å². The van der Waals surface area contributed by atoms with Crippen molar-refractivity contribution in [3.8, 4) is 0 Å². The van der Waals surface area contributed by atoms with Gasteiger partial charge in [-0.2, -0.15) is 11.8 Å². The number of nitrogen functional groups attached to an aromatic ring is 1. The molecule has 0 aliphatic carbocycles. The van der Waals surface area contributed by atoms with Crippen molar-refractivity contribution in [1.82, 2.24) is 25.1 Å². The number of amides is 2. The molecule has 1 aromatic rings. The van der Waals surface area contributed by atoms with E-state index in [1.807, 2.05) is 18.2 Å². The van der Waals surface area contributed by atoms with Crippen molar-refractivity contribution < 1.29 is 4.79 Å². The first-order valence-corrected chi connectivity index (χ1v) is 8.96. The minimum absolute atomic E-state index is 0.00604. The van der Waals surface area contributed by atoms with Crippen molar-refractivity contribution in [2.45, 2.75) is 19.0 Å². The molecule has 1 aliphatic heterocycles. The Bertz CT molecular complexity index is 593. The Morgan fingerprint density at radius 2 is 2.43 bits per heavy atom. The number of aromatic nitrogens is 2. The first-order chi connectivity index (χ1) is 11.0. The molecule has 1 saturated heterocycles. The number of nitrogens with two attached hydrogens (primary N) is 1. The Morgan fingerprint density at radius 1 is 1.65 bits per heavy atom. The zero-order valence-electron chi connectivity index (χ0n) is 13.5. The molecule has 1 aromatic heterocycles. The molecule has 0 spiro atoms. The maximum atomic E-state index is 12.0. The molecule has 0 bridgehead atoms. The molecular weight excluding hydrogens is 316 g/mol. The molecular formula is C14H24N6O2S. The van der Waals surface area contributed by atoms with E-state index in [0.717, 1.165) is 18.7 Å². The van der Waals surface area contributed by atoms with Gasteiger partial charge in [0.2, 0.25) is 5.95 Å². The topological polar surface area (TPSA) is 107 Å². The summed E-state index contributed by atoms with van der Waals surface area (Å²) in [6, 6.07) is 1.70. The van der Waals surface area contributed by atoms with Crippen LogP contribution in [0, 0.1) is 0 Å². The number of aromatic amines is 1. The van der Waals surface area contributed by atoms with E-state index in [-0.39, 0.29) is 23.6 Å². The van der Waals surface area contributed by atoms with Crippen LogP contribution in [0.5, 0.6) is 0 Å². The van der Waals surface area contributed by atoms with E-state index in [1.165, 1.54) is 6.07 Å². The van der Waals surface area contributed by atoms with Crippen molar-refractivity contribution in [2.24, 2.45) is 0 Å². The van der Waals surface area contributed by atoms with Crippen LogP contribution in [-0.4, -0.2) is 70.5 Å². The normalized spacial score (nSPS) is 17.7. The average molecular weight is 340 g/mol. The number of likely N-dealkylation sites (tertiary alicyclic amines) is 1. The molecule has 1 aliphatic rings. The molecule has 0 aromatic carbocycles. The molecule has 8 nitrogen and oxygen atoms in total. The van der Waals surface area contributed by atoms with Gasteiger partial charge >= 0.3 is 6.03 Å². The lowest BCUT2D eigenvalue weighted by atomic mass is 10.2. The van der Waals surface area contributed by atoms with E-state index in [2.05, 4.69) is 20.2 Å². The van der Waals surface area contributed by atoms with Gasteiger partial charge in [0.15, 0.2) is 0 Å². The van der Waals surface area contributed by atoms with E-state index in [4.69, 9.17) is 5.73 Å². The van der Waals surface area contributed by atoms with Crippen molar-refractivity contribution >= 4 is 23.7 Å². The molecule has 2 rings (SSSR count). The zero-order chi connectivity index (χ0) is 16.8. The monoisotopic (exact) mass is 340 g/mol. The van der Waals surface area contributed by atoms with Crippen LogP contribution >= 0.6 is 11.8 Å². The van der Waals surface area contributed by atoms with E-state index in [9.17, 15) is 9.59 Å². The van der Waals surface area contributed by atoms with Gasteiger partial charge in [0.1, 0.15) is 0 Å². The summed E-state index contributed by atoms with van der Waals surface area (Å²) in [6.07, 6.45) is 2.92. The van der Waals surface area contributed by atoms with Gasteiger partial charge in [-0.15, -0.1) is 0 Å². The fraction of sp³-hybridized carbons (Fsp3) is 0.643. The fourth-order valence-corrected chi connectivity index (χ4v) is 2.96. The quantitative estimate of drug-likeness (QED) is 0.626. The number of carbonyl (C=O) groups is 1. The first kappa shape index (κ1) is 17.6. The molecule has 128 valence electrons. The van der Waals surface area contributed by atoms with Crippen LogP contribution in [0.2, 0.25) is 0 Å². The van der Waals surface area contributed by atoms with Crippen LogP contribution in [0.15, 0.2) is 10.9 Å². The molecule has 9 heteroatoms. The number of carbonyl (C=O) groups excluding carboxylic acids is 1. The van der Waals surface area contributed by atoms with Crippen LogP contribution in [-0.2, 0) is 6.54 Å². The standard InChI is InChI=1S/C14H24N6O2S/c1-19(8-10-7-12(21)18-13(15)17-10)11-3-5-20(9-11)14(22)16-4-6-23-2/h7,11H,3-6,8-9H2,1-2H3,(H,16,22)(H3,15,17,18,21). The Hall–Kier alpha value is -1.74. The van der Waals surface area contributed by atoms with Gasteiger partial charge < -0.3 is 16.0 Å². The van der Waals surface area contributed by atoms with Gasteiger partial charge in [-0.05, 0) is 19.7 Å². The zero-order valence-corrected chi connectivity index (χ0v) is 14.4. The SMILES string of the molecule is CSCCNC(=O)N1CCC(N(C)Cc2cc(=O)[nH]c(N)n2)C1. The lowest BCUT2D eigenvalue weighted by molar-refractivity contribution is 0.197. The Morgan fingerprint density at radius 3 is 3.13 bits per heavy atom. The number of anilines is 1. The third-order valence-corrected chi connectivity index (χ3v) is 4.49. The van der Waals surface area contributed by atoms with Gasteiger partial charge in [-0.3, -0.25) is 14.7 Å². The molecule has 0 saturated carbocycles. The largest absolute Gasteiger partial charge is 0.369 e. The molecule has 1 fully saturated rings. The summed E-state index contributed by atoms with van der Waals surface area (Å²) in [5.41, 5.74) is 5.95. The van der Waals surface area contributed by atoms with Gasteiger partial charge in [0, 0.05) is 44.0 Å². The molecule has 1 atom stereocenters. The third kappa shape index (κ3) is 5.14. The summed E-state index contributed by atoms with van der Waals surface area (Å²) < 4.78 is 0. The van der Waals surface area contributed by atoms with Gasteiger partial charge in [-0.1, -0.05) is 0 Å². The number of urea groups is 1. The summed E-state index contributed by atoms with van der Waals surface area (Å²) in [5, 5.41) is 2.92. The van der Waals surface area contributed by atoms with Crippen LogP contribution in [0.3, 0.4) is 0 Å². The lowest BCUT2D eigenvalue weighted by Gasteiger charge is -2.24. The maximum absolute atomic E-state index is 12.0. The highest BCUT2D eigenvalue weighted by Crippen LogP contribution is 2.16. The van der Waals surface area contributed by atoms with E-state index in [0.29, 0.717) is 25.3 Å². The highest BCUT2D eigenvalue weighted by molar-refractivity contribution is 7.98. The second-order valence-electron chi connectivity index (χ2n) is 5.65. The maximum Gasteiger partial charge on any atom is 0.317 e. The number of likely N-dealkylation sites (N-methyl/N-ethyl adjacent to an activating group) is 1. The summed E-state index contributed by atoms with van der Waals surface area (Å²) in [5.74, 6) is 1.04. The average Bonchev–Trinajstić information content (AvgIpc) is 2.96. The second kappa shape index (κ2) is 8.21. The number of thioether (sulfide) groups is 1. The minimum atomic E-state index is -0.248. The van der Waals surface area contributed by atoms with Crippen LogP contribution < -0.4 is 16.6 Å². The highest BCUT2D eigenvalue weighted by Gasteiger charge is 2.28. The van der Waals surface area contributed by atoms with Crippen molar-refractivity contribution in [1.29, 1.82) is 0 Å². The van der Waals surface area contributed by atoms with Crippen LogP contribution in [0.1, 0.15) is 12.1 Å². The van der Waals surface area contributed by atoms with Gasteiger partial charge in [0.05, 0.1) is 5.69 Å². The molecule has 0 radical (unpaired) electrons. The number of H-pyrrole nitrogens is 1. The number of rotatable bonds is 6. The van der Waals surface area contributed by atoms with Gasteiger partial charge in [-0.25, -0.2) is 9.78 Å². The van der Waals surface area contributed by atoms with E-state index < -0.39 is 0 Å². The number of hydrogen-bond donors (Lipinski definition) is 3. The van der Waals surface area contributed by atoms with E-state index >= 15 is 0 Å². The fourth-order valence-electron chi connectivity index (χ4n) is 2.65.